The molecule has 0 unspecified atom stereocenters. The molecule has 2 N–H and O–H groups in total. The Morgan fingerprint density at radius 3 is 3.05 bits per heavy atom. The van der Waals surface area contributed by atoms with Gasteiger partial charge in [-0.25, -0.2) is 4.39 Å². The molecule has 0 spiro atoms. The highest BCUT2D eigenvalue weighted by Crippen LogP contribution is 2.35. The SMILES string of the molecule is Cc1[nH]ncc1CN[C@@H]1c2cccc(F)c2CC[C@H]1C. The number of hydrogen-bond acceptors (Lipinski definition) is 2. The summed E-state index contributed by atoms with van der Waals surface area (Å²) in [6.45, 7) is 5.00. The fourth-order valence-electron chi connectivity index (χ4n) is 3.06. The van der Waals surface area contributed by atoms with Gasteiger partial charge in [-0.1, -0.05) is 19.1 Å². The lowest BCUT2D eigenvalue weighted by molar-refractivity contribution is 0.338. The van der Waals surface area contributed by atoms with Crippen LogP contribution in [0.2, 0.25) is 0 Å². The van der Waals surface area contributed by atoms with Crippen LogP contribution in [0.4, 0.5) is 4.39 Å². The quantitative estimate of drug-likeness (QED) is 0.901. The van der Waals surface area contributed by atoms with Crippen molar-refractivity contribution >= 4 is 0 Å². The Balaban J connectivity index is 1.83. The van der Waals surface area contributed by atoms with E-state index in [0.717, 1.165) is 36.2 Å². The average Bonchev–Trinajstić information content (AvgIpc) is 2.83. The van der Waals surface area contributed by atoms with Crippen LogP contribution in [-0.4, -0.2) is 10.2 Å². The minimum atomic E-state index is -0.0688. The Labute approximate surface area is 118 Å². The number of aryl methyl sites for hydroxylation is 1. The zero-order valence-electron chi connectivity index (χ0n) is 11.9. The molecule has 2 aromatic rings. The highest BCUT2D eigenvalue weighted by Gasteiger charge is 2.27. The highest BCUT2D eigenvalue weighted by molar-refractivity contribution is 5.34. The summed E-state index contributed by atoms with van der Waals surface area (Å²) in [5.74, 6) is 0.442. The number of fused-ring (bicyclic) bond motifs is 1. The molecule has 3 nitrogen and oxygen atoms in total. The number of H-pyrrole nitrogens is 1. The van der Waals surface area contributed by atoms with E-state index in [9.17, 15) is 4.39 Å². The lowest BCUT2D eigenvalue weighted by Crippen LogP contribution is -2.31. The van der Waals surface area contributed by atoms with Gasteiger partial charge in [0.05, 0.1) is 6.20 Å². The predicted octanol–water partition coefficient (Wildman–Crippen LogP) is 3.27. The fraction of sp³-hybridized carbons (Fsp3) is 0.438. The summed E-state index contributed by atoms with van der Waals surface area (Å²) in [5.41, 5.74) is 4.25. The molecule has 1 heterocycles. The van der Waals surface area contributed by atoms with Crippen molar-refractivity contribution in [2.24, 2.45) is 5.92 Å². The Kier molecular flexibility index (Phi) is 3.57. The van der Waals surface area contributed by atoms with Gasteiger partial charge < -0.3 is 5.32 Å². The molecular weight excluding hydrogens is 253 g/mol. The Morgan fingerprint density at radius 2 is 2.30 bits per heavy atom. The van der Waals surface area contributed by atoms with E-state index in [-0.39, 0.29) is 11.9 Å². The molecule has 0 aliphatic heterocycles. The second-order valence-corrected chi connectivity index (χ2v) is 5.70. The van der Waals surface area contributed by atoms with Crippen LogP contribution in [0.15, 0.2) is 24.4 Å². The van der Waals surface area contributed by atoms with Crippen molar-refractivity contribution in [1.82, 2.24) is 15.5 Å². The smallest absolute Gasteiger partial charge is 0.126 e. The van der Waals surface area contributed by atoms with Crippen molar-refractivity contribution in [3.8, 4) is 0 Å². The zero-order chi connectivity index (χ0) is 14.1. The number of rotatable bonds is 3. The van der Waals surface area contributed by atoms with Crippen LogP contribution in [0.3, 0.4) is 0 Å². The summed E-state index contributed by atoms with van der Waals surface area (Å²) >= 11 is 0. The van der Waals surface area contributed by atoms with E-state index in [2.05, 4.69) is 22.4 Å². The van der Waals surface area contributed by atoms with Gasteiger partial charge in [0.25, 0.3) is 0 Å². The minimum Gasteiger partial charge on any atom is -0.305 e. The van der Waals surface area contributed by atoms with Gasteiger partial charge in [-0.15, -0.1) is 0 Å². The largest absolute Gasteiger partial charge is 0.305 e. The van der Waals surface area contributed by atoms with Crippen molar-refractivity contribution in [1.29, 1.82) is 0 Å². The van der Waals surface area contributed by atoms with E-state index in [1.807, 2.05) is 25.3 Å². The van der Waals surface area contributed by atoms with Gasteiger partial charge in [0, 0.05) is 23.8 Å². The molecule has 0 radical (unpaired) electrons. The van der Waals surface area contributed by atoms with Crippen LogP contribution < -0.4 is 5.32 Å². The van der Waals surface area contributed by atoms with Crippen LogP contribution in [0.1, 0.15) is 41.8 Å². The zero-order valence-corrected chi connectivity index (χ0v) is 11.9. The predicted molar refractivity (Wildman–Crippen MR) is 76.8 cm³/mol. The molecule has 0 bridgehead atoms. The lowest BCUT2D eigenvalue weighted by atomic mass is 9.80. The van der Waals surface area contributed by atoms with Gasteiger partial charge in [0.2, 0.25) is 0 Å². The first kappa shape index (κ1) is 13.3. The summed E-state index contributed by atoms with van der Waals surface area (Å²) in [6, 6.07) is 5.63. The summed E-state index contributed by atoms with van der Waals surface area (Å²) < 4.78 is 13.9. The van der Waals surface area contributed by atoms with Gasteiger partial charge >= 0.3 is 0 Å². The van der Waals surface area contributed by atoms with Crippen molar-refractivity contribution in [2.45, 2.75) is 39.3 Å². The van der Waals surface area contributed by atoms with Gasteiger partial charge in [-0.05, 0) is 42.9 Å². The van der Waals surface area contributed by atoms with Gasteiger partial charge in [-0.3, -0.25) is 5.10 Å². The summed E-state index contributed by atoms with van der Waals surface area (Å²) in [6.07, 6.45) is 3.71. The normalized spacial score (nSPS) is 21.8. The number of halogens is 1. The molecule has 1 aliphatic rings. The molecule has 4 heteroatoms. The second kappa shape index (κ2) is 5.37. The van der Waals surface area contributed by atoms with Crippen molar-refractivity contribution in [3.63, 3.8) is 0 Å². The van der Waals surface area contributed by atoms with E-state index in [1.54, 1.807) is 6.07 Å². The fourth-order valence-corrected chi connectivity index (χ4v) is 3.06. The number of nitrogens with zero attached hydrogens (tertiary/aromatic N) is 1. The number of aromatic amines is 1. The van der Waals surface area contributed by atoms with E-state index < -0.39 is 0 Å². The van der Waals surface area contributed by atoms with Gasteiger partial charge in [0.15, 0.2) is 0 Å². The topological polar surface area (TPSA) is 40.7 Å². The standard InChI is InChI=1S/C16H20FN3/c1-10-6-7-13-14(4-3-5-15(13)17)16(10)18-8-12-9-19-20-11(12)2/h3-5,9-10,16,18H,6-8H2,1-2H3,(H,19,20)/t10-,16+/m1/s1. The first-order chi connectivity index (χ1) is 9.66. The van der Waals surface area contributed by atoms with Crippen molar-refractivity contribution in [2.75, 3.05) is 0 Å². The first-order valence-electron chi connectivity index (χ1n) is 7.16. The maximum atomic E-state index is 13.9. The third-order valence-corrected chi connectivity index (χ3v) is 4.36. The number of hydrogen-bond donors (Lipinski definition) is 2. The van der Waals surface area contributed by atoms with Crippen molar-refractivity contribution < 1.29 is 4.39 Å². The molecule has 3 rings (SSSR count). The van der Waals surface area contributed by atoms with E-state index in [1.165, 1.54) is 5.56 Å². The molecule has 1 aromatic heterocycles. The molecule has 0 saturated carbocycles. The first-order valence-corrected chi connectivity index (χ1v) is 7.16. The summed E-state index contributed by atoms with van der Waals surface area (Å²) in [7, 11) is 0. The monoisotopic (exact) mass is 273 g/mol. The van der Waals surface area contributed by atoms with E-state index >= 15 is 0 Å². The van der Waals surface area contributed by atoms with Crippen LogP contribution in [-0.2, 0) is 13.0 Å². The Hall–Kier alpha value is -1.68. The number of nitrogens with one attached hydrogen (secondary N) is 2. The number of aromatic nitrogens is 2. The molecule has 106 valence electrons. The molecule has 2 atom stereocenters. The third-order valence-electron chi connectivity index (χ3n) is 4.36. The lowest BCUT2D eigenvalue weighted by Gasteiger charge is -2.32. The molecule has 20 heavy (non-hydrogen) atoms. The molecule has 1 aliphatic carbocycles. The van der Waals surface area contributed by atoms with Gasteiger partial charge in [-0.2, -0.15) is 5.10 Å². The molecule has 0 saturated heterocycles. The van der Waals surface area contributed by atoms with Crippen LogP contribution >= 0.6 is 0 Å². The minimum absolute atomic E-state index is 0.0688. The average molecular weight is 273 g/mol. The highest BCUT2D eigenvalue weighted by atomic mass is 19.1. The maximum absolute atomic E-state index is 13.9. The third kappa shape index (κ3) is 2.36. The molecule has 0 amide bonds. The maximum Gasteiger partial charge on any atom is 0.126 e. The van der Waals surface area contributed by atoms with E-state index in [0.29, 0.717) is 5.92 Å². The van der Waals surface area contributed by atoms with Crippen LogP contribution in [0.25, 0.3) is 0 Å². The summed E-state index contributed by atoms with van der Waals surface area (Å²) in [5, 5.41) is 10.6. The molecule has 0 fully saturated rings. The summed E-state index contributed by atoms with van der Waals surface area (Å²) in [4.78, 5) is 0. The Morgan fingerprint density at radius 1 is 1.45 bits per heavy atom. The molecular formula is C16H20FN3. The van der Waals surface area contributed by atoms with Crippen LogP contribution in [0, 0.1) is 18.7 Å². The number of benzene rings is 1. The van der Waals surface area contributed by atoms with Crippen LogP contribution in [0.5, 0.6) is 0 Å². The Bertz CT molecular complexity index is 606. The second-order valence-electron chi connectivity index (χ2n) is 5.70. The van der Waals surface area contributed by atoms with Crippen molar-refractivity contribution in [3.05, 3.63) is 52.6 Å². The van der Waals surface area contributed by atoms with Gasteiger partial charge in [0.1, 0.15) is 5.82 Å². The molecule has 1 aromatic carbocycles. The van der Waals surface area contributed by atoms with E-state index in [4.69, 9.17) is 0 Å².